The third kappa shape index (κ3) is 4.92. The molecule has 38 heavy (non-hydrogen) atoms. The molecule has 1 amide bonds. The molecule has 3 aromatic carbocycles. The minimum absolute atomic E-state index is 0.00260. The fourth-order valence-electron chi connectivity index (χ4n) is 5.43. The Kier molecular flexibility index (Phi) is 7.01. The third-order valence-corrected chi connectivity index (χ3v) is 7.31. The van der Waals surface area contributed by atoms with E-state index in [0.29, 0.717) is 24.1 Å². The summed E-state index contributed by atoms with van der Waals surface area (Å²) in [6.45, 7) is 0. The molecular weight excluding hydrogens is 478 g/mol. The average molecular weight is 510 g/mol. The lowest BCUT2D eigenvalue weighted by Gasteiger charge is -2.35. The number of carbonyl (C=O) groups is 3. The van der Waals surface area contributed by atoms with Gasteiger partial charge in [-0.15, -0.1) is 0 Å². The van der Waals surface area contributed by atoms with E-state index in [-0.39, 0.29) is 30.4 Å². The van der Waals surface area contributed by atoms with Gasteiger partial charge in [0.1, 0.15) is 0 Å². The molecule has 2 aliphatic rings. The van der Waals surface area contributed by atoms with Crippen LogP contribution in [0, 0.1) is 0 Å². The van der Waals surface area contributed by atoms with Gasteiger partial charge in [-0.2, -0.15) is 0 Å². The highest BCUT2D eigenvalue weighted by molar-refractivity contribution is 6.06. The van der Waals surface area contributed by atoms with Crippen molar-refractivity contribution in [2.45, 2.75) is 37.6 Å². The number of anilines is 3. The molecule has 1 aliphatic heterocycles. The van der Waals surface area contributed by atoms with Crippen molar-refractivity contribution in [1.82, 2.24) is 0 Å². The van der Waals surface area contributed by atoms with Crippen LogP contribution in [0.1, 0.15) is 48.8 Å². The van der Waals surface area contributed by atoms with Crippen LogP contribution in [0.3, 0.4) is 0 Å². The second-order valence-electron chi connectivity index (χ2n) is 10.0. The maximum absolute atomic E-state index is 14.0. The monoisotopic (exact) mass is 509 g/mol. The number of ketones is 1. The summed E-state index contributed by atoms with van der Waals surface area (Å²) in [5, 5.41) is 12.8. The zero-order chi connectivity index (χ0) is 26.8. The van der Waals surface area contributed by atoms with Gasteiger partial charge in [-0.05, 0) is 47.7 Å². The molecule has 0 unspecified atom stereocenters. The number of nitrogens with zero attached hydrogens (tertiary/aromatic N) is 2. The van der Waals surface area contributed by atoms with E-state index >= 15 is 0 Å². The third-order valence-electron chi connectivity index (χ3n) is 7.31. The molecule has 0 radical (unpaired) electrons. The molecule has 0 saturated heterocycles. The van der Waals surface area contributed by atoms with Crippen LogP contribution in [0.4, 0.5) is 17.1 Å². The highest BCUT2D eigenvalue weighted by atomic mass is 16.4. The second-order valence-corrected chi connectivity index (χ2v) is 10.0. The number of aliphatic carboxylic acids is 1. The number of Topliss-reactive ketones (excluding diaryl/α,β-unsaturated/α-hetero) is 1. The molecule has 0 bridgehead atoms. The fraction of sp³-hybridized carbons (Fsp3) is 0.258. The second kappa shape index (κ2) is 10.5. The number of allylic oxidation sites excluding steroid dienone is 1. The minimum atomic E-state index is -1.03. The Balaban J connectivity index is 1.62. The van der Waals surface area contributed by atoms with E-state index in [1.165, 1.54) is 0 Å². The van der Waals surface area contributed by atoms with Crippen LogP contribution in [-0.2, 0) is 14.4 Å². The van der Waals surface area contributed by atoms with Crippen LogP contribution < -0.4 is 15.1 Å². The Labute approximate surface area is 222 Å². The predicted molar refractivity (Wildman–Crippen MR) is 148 cm³/mol. The molecule has 3 aromatic rings. The number of benzene rings is 3. The smallest absolute Gasteiger partial charge is 0.303 e. The van der Waals surface area contributed by atoms with E-state index in [1.54, 1.807) is 4.90 Å². The maximum Gasteiger partial charge on any atom is 0.303 e. The van der Waals surface area contributed by atoms with Crippen molar-refractivity contribution >= 4 is 34.7 Å². The minimum Gasteiger partial charge on any atom is -0.481 e. The molecule has 7 nitrogen and oxygen atoms in total. The first-order valence-corrected chi connectivity index (χ1v) is 12.8. The summed E-state index contributed by atoms with van der Waals surface area (Å²) in [7, 11) is 3.99. The topological polar surface area (TPSA) is 90.0 Å². The Hall–Kier alpha value is -4.39. The largest absolute Gasteiger partial charge is 0.481 e. The lowest BCUT2D eigenvalue weighted by molar-refractivity contribution is -0.138. The van der Waals surface area contributed by atoms with Crippen molar-refractivity contribution in [1.29, 1.82) is 0 Å². The van der Waals surface area contributed by atoms with Gasteiger partial charge in [0, 0.05) is 43.9 Å². The lowest BCUT2D eigenvalue weighted by atomic mass is 9.78. The fourth-order valence-corrected chi connectivity index (χ4v) is 5.43. The van der Waals surface area contributed by atoms with Gasteiger partial charge in [0.05, 0.1) is 23.8 Å². The van der Waals surface area contributed by atoms with E-state index in [0.717, 1.165) is 28.2 Å². The molecule has 0 aromatic heterocycles. The van der Waals surface area contributed by atoms with Crippen molar-refractivity contribution in [3.8, 4) is 0 Å². The van der Waals surface area contributed by atoms with E-state index in [4.69, 9.17) is 0 Å². The van der Waals surface area contributed by atoms with Crippen LogP contribution in [0.15, 0.2) is 90.1 Å². The standard InChI is InChI=1S/C31H31N3O4/c1-33(2)23-14-12-20(13-15-23)22-18-25-30(27(35)19-22)31(21-8-4-3-5-9-21)34(28(36)16-17-29(37)38)26-11-7-6-10-24(26)32-25/h3-15,22,31-32H,16-19H2,1-2H3,(H,37,38)/t22-,31-/m1/s1. The summed E-state index contributed by atoms with van der Waals surface area (Å²) < 4.78 is 0. The number of para-hydroxylation sites is 2. The number of hydrogen-bond donors (Lipinski definition) is 2. The molecular formula is C31H31N3O4. The highest BCUT2D eigenvalue weighted by Crippen LogP contribution is 2.47. The maximum atomic E-state index is 14.0. The quantitative estimate of drug-likeness (QED) is 0.455. The van der Waals surface area contributed by atoms with Gasteiger partial charge in [0.2, 0.25) is 5.91 Å². The summed E-state index contributed by atoms with van der Waals surface area (Å²) in [4.78, 5) is 42.6. The molecule has 0 fully saturated rings. The van der Waals surface area contributed by atoms with E-state index in [1.807, 2.05) is 73.6 Å². The van der Waals surface area contributed by atoms with Crippen molar-refractivity contribution in [2.75, 3.05) is 29.2 Å². The van der Waals surface area contributed by atoms with Gasteiger partial charge in [0.15, 0.2) is 5.78 Å². The van der Waals surface area contributed by atoms with Crippen LogP contribution in [-0.4, -0.2) is 36.9 Å². The molecule has 2 atom stereocenters. The number of fused-ring (bicyclic) bond motifs is 1. The average Bonchev–Trinajstić information content (AvgIpc) is 3.07. The van der Waals surface area contributed by atoms with Crippen molar-refractivity contribution in [3.63, 3.8) is 0 Å². The lowest BCUT2D eigenvalue weighted by Crippen LogP contribution is -2.38. The van der Waals surface area contributed by atoms with Crippen molar-refractivity contribution < 1.29 is 19.5 Å². The summed E-state index contributed by atoms with van der Waals surface area (Å²) in [5.41, 5.74) is 5.72. The van der Waals surface area contributed by atoms with Gasteiger partial charge in [-0.25, -0.2) is 0 Å². The Morgan fingerprint density at radius 3 is 2.26 bits per heavy atom. The summed E-state index contributed by atoms with van der Waals surface area (Å²) in [6.07, 6.45) is 0.512. The summed E-state index contributed by atoms with van der Waals surface area (Å²) in [6, 6.07) is 24.6. The molecule has 194 valence electrons. The normalized spacial score (nSPS) is 18.7. The van der Waals surface area contributed by atoms with Crippen molar-refractivity contribution in [3.05, 3.63) is 101 Å². The molecule has 1 heterocycles. The number of hydrogen-bond acceptors (Lipinski definition) is 5. The first kappa shape index (κ1) is 25.3. The van der Waals surface area contributed by atoms with E-state index in [9.17, 15) is 19.5 Å². The van der Waals surface area contributed by atoms with Crippen LogP contribution in [0.25, 0.3) is 0 Å². The van der Waals surface area contributed by atoms with Crippen LogP contribution >= 0.6 is 0 Å². The Bertz CT molecular complexity index is 1400. The number of carbonyl (C=O) groups excluding carboxylic acids is 2. The highest BCUT2D eigenvalue weighted by Gasteiger charge is 2.41. The molecule has 0 saturated carbocycles. The zero-order valence-electron chi connectivity index (χ0n) is 21.6. The van der Waals surface area contributed by atoms with Gasteiger partial charge >= 0.3 is 5.97 Å². The number of carboxylic acids is 1. The van der Waals surface area contributed by atoms with E-state index < -0.39 is 12.0 Å². The number of rotatable bonds is 6. The Morgan fingerprint density at radius 2 is 1.58 bits per heavy atom. The number of amides is 1. The molecule has 2 N–H and O–H groups in total. The van der Waals surface area contributed by atoms with Crippen molar-refractivity contribution in [2.24, 2.45) is 0 Å². The van der Waals surface area contributed by atoms with Gasteiger partial charge < -0.3 is 15.3 Å². The zero-order valence-corrected chi connectivity index (χ0v) is 21.6. The molecule has 0 spiro atoms. The van der Waals surface area contributed by atoms with Gasteiger partial charge in [-0.3, -0.25) is 19.3 Å². The summed E-state index contributed by atoms with van der Waals surface area (Å²) >= 11 is 0. The molecule has 1 aliphatic carbocycles. The SMILES string of the molecule is CN(C)c1ccc([C@H]2CC(=O)C3=C(C2)Nc2ccccc2N(C(=O)CCC(=O)O)[C@@H]3c2ccccc2)cc1. The molecule has 7 heteroatoms. The first-order chi connectivity index (χ1) is 18.3. The number of carboxylic acid groups (broad SMARTS) is 1. The number of nitrogens with one attached hydrogen (secondary N) is 1. The van der Waals surface area contributed by atoms with Crippen LogP contribution in [0.2, 0.25) is 0 Å². The predicted octanol–water partition coefficient (Wildman–Crippen LogP) is 5.52. The first-order valence-electron chi connectivity index (χ1n) is 12.8. The van der Waals surface area contributed by atoms with Gasteiger partial charge in [-0.1, -0.05) is 54.6 Å². The van der Waals surface area contributed by atoms with E-state index in [2.05, 4.69) is 29.6 Å². The van der Waals surface area contributed by atoms with Gasteiger partial charge in [0.25, 0.3) is 0 Å². The summed E-state index contributed by atoms with van der Waals surface area (Å²) in [5.74, 6) is -1.38. The molecule has 5 rings (SSSR count). The Morgan fingerprint density at radius 1 is 0.895 bits per heavy atom. The van der Waals surface area contributed by atoms with Crippen LogP contribution in [0.5, 0.6) is 0 Å².